The first kappa shape index (κ1) is 44.5. The highest BCUT2D eigenvalue weighted by atomic mass is 127. The second kappa shape index (κ2) is 23.5. The number of aromatic nitrogens is 3. The van der Waals surface area contributed by atoms with Gasteiger partial charge in [0.2, 0.25) is 0 Å². The van der Waals surface area contributed by atoms with E-state index in [1.807, 2.05) is 39.1 Å². The molecule has 3 rings (SSSR count). The predicted octanol–water partition coefficient (Wildman–Crippen LogP) is 5.82. The molecule has 0 radical (unpaired) electrons. The Balaban J connectivity index is -0.000000498. The molecule has 0 unspecified atom stereocenters. The summed E-state index contributed by atoms with van der Waals surface area (Å²) in [6.45, 7) is 7.89. The van der Waals surface area contributed by atoms with Crippen molar-refractivity contribution >= 4 is 108 Å². The summed E-state index contributed by atoms with van der Waals surface area (Å²) in [6.07, 6.45) is 5.04. The Hall–Kier alpha value is 0.0549. The second-order valence-electron chi connectivity index (χ2n) is 7.87. The molecule has 0 saturated carbocycles. The monoisotopic (exact) mass is 853 g/mol. The highest BCUT2D eigenvalue weighted by Crippen LogP contribution is 2.23. The summed E-state index contributed by atoms with van der Waals surface area (Å²) >= 11 is 8.94. The lowest BCUT2D eigenvalue weighted by molar-refractivity contribution is 0.115. The van der Waals surface area contributed by atoms with Crippen molar-refractivity contribution in [3.05, 3.63) is 78.0 Å². The fraction of sp³-hybridized carbons (Fsp3) is 0.400. The number of nitrogens with zero attached hydrogens (tertiary/aromatic N) is 3. The Bertz CT molecular complexity index is 1130. The molecule has 0 aliphatic heterocycles. The summed E-state index contributed by atoms with van der Waals surface area (Å²) in [5.74, 6) is 0. The van der Waals surface area contributed by atoms with Gasteiger partial charge in [-0.1, -0.05) is 0 Å². The highest BCUT2D eigenvalue weighted by Gasteiger charge is 2.16. The SMILES string of the molecule is CO[C@@H](C)c1ncc(B(O)O)cc1Br.CO[C@@H](C)c1ncc(I)cc1C.CO[C@@H](C)c1ncccc1Br.S.S.S. The minimum atomic E-state index is -1.49. The maximum atomic E-state index is 8.90. The van der Waals surface area contributed by atoms with Gasteiger partial charge in [0.1, 0.15) is 0 Å². The molecule has 0 spiro atoms. The Morgan fingerprint density at radius 3 is 1.68 bits per heavy atom. The molecule has 0 aromatic carbocycles. The van der Waals surface area contributed by atoms with E-state index in [1.54, 1.807) is 33.6 Å². The van der Waals surface area contributed by atoms with Gasteiger partial charge in [-0.05, 0) is 112 Å². The molecule has 0 bridgehead atoms. The average Bonchev–Trinajstić information content (AvgIpc) is 2.88. The van der Waals surface area contributed by atoms with Crippen LogP contribution in [0.4, 0.5) is 0 Å². The predicted molar refractivity (Wildman–Crippen MR) is 193 cm³/mol. The van der Waals surface area contributed by atoms with E-state index in [0.717, 1.165) is 25.1 Å². The molecular formula is C25H39BBr2IN3O5S3. The maximum absolute atomic E-state index is 8.90. The van der Waals surface area contributed by atoms with E-state index < -0.39 is 7.12 Å². The Kier molecular flexibility index (Phi) is 26.1. The van der Waals surface area contributed by atoms with Gasteiger partial charge in [0.05, 0.1) is 35.4 Å². The Morgan fingerprint density at radius 2 is 1.25 bits per heavy atom. The quantitative estimate of drug-likeness (QED) is 0.227. The van der Waals surface area contributed by atoms with Crippen LogP contribution in [-0.2, 0) is 14.2 Å². The number of pyridine rings is 3. The van der Waals surface area contributed by atoms with Crippen LogP contribution in [0.1, 0.15) is 61.7 Å². The van der Waals surface area contributed by atoms with Crippen molar-refractivity contribution in [1.29, 1.82) is 0 Å². The van der Waals surface area contributed by atoms with Crippen LogP contribution in [0.5, 0.6) is 0 Å². The first-order valence-corrected chi connectivity index (χ1v) is 13.9. The standard InChI is InChI=1S/C9H12INO.C8H11BBrNO3.C8H10BrNO.3H2S/c1-6-4-8(10)5-11-9(6)7(2)12-3;1-5(14-2)8-7(10)3-6(4-11-8)9(12)13;1-6(11-2)8-7(9)4-3-5-10-8;;;/h4-5,7H,1-3H3;3-5,12-13H,1-2H3;3-6H,1-2H3;3*1H2/t7-;5-;6-;;;/m000.../s1. The van der Waals surface area contributed by atoms with Gasteiger partial charge in [-0.15, -0.1) is 0 Å². The van der Waals surface area contributed by atoms with Gasteiger partial charge < -0.3 is 24.3 Å². The van der Waals surface area contributed by atoms with Gasteiger partial charge >= 0.3 is 7.12 Å². The van der Waals surface area contributed by atoms with Crippen LogP contribution in [0.2, 0.25) is 0 Å². The number of ether oxygens (including phenoxy) is 3. The summed E-state index contributed by atoms with van der Waals surface area (Å²) < 4.78 is 18.3. The van der Waals surface area contributed by atoms with Crippen molar-refractivity contribution in [3.8, 4) is 0 Å². The van der Waals surface area contributed by atoms with Gasteiger partial charge in [0.15, 0.2) is 0 Å². The molecule has 40 heavy (non-hydrogen) atoms. The summed E-state index contributed by atoms with van der Waals surface area (Å²) in [4.78, 5) is 12.6. The lowest BCUT2D eigenvalue weighted by Crippen LogP contribution is -2.30. The van der Waals surface area contributed by atoms with Crippen LogP contribution in [0.15, 0.2) is 51.8 Å². The lowest BCUT2D eigenvalue weighted by Gasteiger charge is -2.11. The molecule has 226 valence electrons. The first-order chi connectivity index (χ1) is 17.5. The van der Waals surface area contributed by atoms with Gasteiger partial charge in [-0.3, -0.25) is 15.0 Å². The summed E-state index contributed by atoms with van der Waals surface area (Å²) in [5.41, 5.74) is 4.24. The van der Waals surface area contributed by atoms with Crippen LogP contribution < -0.4 is 5.46 Å². The molecule has 3 aromatic heterocycles. The van der Waals surface area contributed by atoms with Crippen LogP contribution in [0.25, 0.3) is 0 Å². The number of hydrogen-bond acceptors (Lipinski definition) is 8. The third-order valence-electron chi connectivity index (χ3n) is 5.28. The molecule has 3 heterocycles. The average molecular weight is 855 g/mol. The van der Waals surface area contributed by atoms with Crippen molar-refractivity contribution in [1.82, 2.24) is 15.0 Å². The number of hydrogen-bond donors (Lipinski definition) is 2. The normalized spacial score (nSPS) is 11.9. The third kappa shape index (κ3) is 15.0. The molecule has 0 fully saturated rings. The molecule has 3 atom stereocenters. The first-order valence-electron chi connectivity index (χ1n) is 11.3. The molecule has 0 saturated heterocycles. The van der Waals surface area contributed by atoms with E-state index in [-0.39, 0.29) is 58.8 Å². The summed E-state index contributed by atoms with van der Waals surface area (Å²) in [6, 6.07) is 7.56. The minimum absolute atomic E-state index is 0. The van der Waals surface area contributed by atoms with Gasteiger partial charge in [0, 0.05) is 57.9 Å². The molecule has 8 nitrogen and oxygen atoms in total. The molecule has 2 N–H and O–H groups in total. The van der Waals surface area contributed by atoms with Gasteiger partial charge in [0.25, 0.3) is 0 Å². The van der Waals surface area contributed by atoms with E-state index in [0.29, 0.717) is 9.94 Å². The van der Waals surface area contributed by atoms with Crippen LogP contribution >= 0.6 is 94.9 Å². The number of methoxy groups -OCH3 is 3. The summed E-state index contributed by atoms with van der Waals surface area (Å²) in [7, 11) is 3.47. The van der Waals surface area contributed by atoms with Gasteiger partial charge in [-0.2, -0.15) is 40.5 Å². The smallest absolute Gasteiger partial charge is 0.423 e. The van der Waals surface area contributed by atoms with E-state index in [1.165, 1.54) is 11.8 Å². The number of halogens is 3. The van der Waals surface area contributed by atoms with E-state index in [9.17, 15) is 0 Å². The molecule has 15 heteroatoms. The van der Waals surface area contributed by atoms with Crippen LogP contribution in [0.3, 0.4) is 0 Å². The topological polar surface area (TPSA) is 107 Å². The van der Waals surface area contributed by atoms with E-state index >= 15 is 0 Å². The van der Waals surface area contributed by atoms with Crippen molar-refractivity contribution in [2.45, 2.75) is 46.0 Å². The molecule has 0 amide bonds. The fourth-order valence-corrected chi connectivity index (χ4v) is 4.79. The van der Waals surface area contributed by atoms with Crippen molar-refractivity contribution in [2.75, 3.05) is 21.3 Å². The highest BCUT2D eigenvalue weighted by molar-refractivity contribution is 14.1. The zero-order valence-electron chi connectivity index (χ0n) is 23.4. The van der Waals surface area contributed by atoms with E-state index in [2.05, 4.69) is 82.4 Å². The lowest BCUT2D eigenvalue weighted by atomic mass is 9.81. The largest absolute Gasteiger partial charge is 0.490 e. The zero-order chi connectivity index (χ0) is 28.1. The number of aryl methyl sites for hydroxylation is 1. The zero-order valence-corrected chi connectivity index (χ0v) is 31.8. The number of rotatable bonds is 7. The molecular weight excluding hydrogens is 816 g/mol. The van der Waals surface area contributed by atoms with Gasteiger partial charge in [-0.25, -0.2) is 0 Å². The summed E-state index contributed by atoms with van der Waals surface area (Å²) in [5, 5.41) is 17.8. The van der Waals surface area contributed by atoms with Crippen LogP contribution in [-0.4, -0.2) is 53.4 Å². The van der Waals surface area contributed by atoms with Crippen LogP contribution in [0, 0.1) is 10.5 Å². The molecule has 0 aliphatic rings. The van der Waals surface area contributed by atoms with Crippen molar-refractivity contribution in [2.24, 2.45) is 0 Å². The second-order valence-corrected chi connectivity index (χ2v) is 10.8. The van der Waals surface area contributed by atoms with E-state index in [4.69, 9.17) is 24.3 Å². The Morgan fingerprint density at radius 1 is 0.775 bits per heavy atom. The van der Waals surface area contributed by atoms with Crippen molar-refractivity contribution in [3.63, 3.8) is 0 Å². The Labute approximate surface area is 289 Å². The minimum Gasteiger partial charge on any atom is -0.423 e. The third-order valence-corrected chi connectivity index (χ3v) is 7.17. The maximum Gasteiger partial charge on any atom is 0.490 e. The molecule has 0 aliphatic carbocycles. The molecule has 3 aromatic rings. The fourth-order valence-electron chi connectivity index (χ4n) is 2.91. The van der Waals surface area contributed by atoms with Crippen molar-refractivity contribution < 1.29 is 24.3 Å².